The Morgan fingerprint density at radius 1 is 1.20 bits per heavy atom. The number of fused-ring (bicyclic) bond motifs is 2. The number of carbonyl (C=O) groups excluding carboxylic acids is 2. The Morgan fingerprint density at radius 3 is 2.77 bits per heavy atom. The molecule has 0 atom stereocenters. The van der Waals surface area contributed by atoms with E-state index < -0.39 is 5.97 Å². The third-order valence-corrected chi connectivity index (χ3v) is 5.71. The predicted molar refractivity (Wildman–Crippen MR) is 117 cm³/mol. The zero-order chi connectivity index (χ0) is 21.3. The highest BCUT2D eigenvalue weighted by molar-refractivity contribution is 6.14. The number of methoxy groups -OCH3 is 1. The fraction of sp³-hybridized carbons (Fsp3) is 0.292. The summed E-state index contributed by atoms with van der Waals surface area (Å²) in [5, 5.41) is 3.87. The molecule has 0 radical (unpaired) electrons. The van der Waals surface area contributed by atoms with Gasteiger partial charge in [-0.25, -0.2) is 4.79 Å². The van der Waals surface area contributed by atoms with E-state index >= 15 is 0 Å². The quantitative estimate of drug-likeness (QED) is 0.668. The number of aryl methyl sites for hydroxylation is 1. The Balaban J connectivity index is 1.79. The van der Waals surface area contributed by atoms with Crippen LogP contribution in [0.2, 0.25) is 0 Å². The molecular weight excluding hydrogens is 378 g/mol. The Morgan fingerprint density at radius 2 is 2.00 bits per heavy atom. The molecule has 154 valence electrons. The first-order valence-electron chi connectivity index (χ1n) is 10.1. The summed E-state index contributed by atoms with van der Waals surface area (Å²) < 4.78 is 4.81. The third-order valence-electron chi connectivity index (χ3n) is 5.71. The molecular formula is C24H25N3O3. The molecule has 0 saturated heterocycles. The van der Waals surface area contributed by atoms with Crippen LogP contribution in [0.4, 0.5) is 5.69 Å². The van der Waals surface area contributed by atoms with Crippen LogP contribution < -0.4 is 5.32 Å². The van der Waals surface area contributed by atoms with Gasteiger partial charge < -0.3 is 10.1 Å². The molecule has 1 aliphatic heterocycles. The van der Waals surface area contributed by atoms with Crippen LogP contribution in [0, 0.1) is 6.92 Å². The molecule has 0 aliphatic carbocycles. The Hall–Kier alpha value is -3.25. The monoisotopic (exact) mass is 403 g/mol. The van der Waals surface area contributed by atoms with Crippen molar-refractivity contribution < 1.29 is 14.3 Å². The van der Waals surface area contributed by atoms with E-state index in [1.165, 1.54) is 7.11 Å². The van der Waals surface area contributed by atoms with Crippen molar-refractivity contribution in [3.63, 3.8) is 0 Å². The van der Waals surface area contributed by atoms with E-state index in [1.54, 1.807) is 18.2 Å². The van der Waals surface area contributed by atoms with E-state index in [0.717, 1.165) is 47.2 Å². The zero-order valence-corrected chi connectivity index (χ0v) is 17.5. The molecule has 1 amide bonds. The fourth-order valence-corrected chi connectivity index (χ4v) is 3.96. The maximum Gasteiger partial charge on any atom is 0.337 e. The van der Waals surface area contributed by atoms with Gasteiger partial charge >= 0.3 is 5.97 Å². The number of hydrogen-bond donors (Lipinski definition) is 1. The van der Waals surface area contributed by atoms with Crippen LogP contribution in [-0.2, 0) is 17.7 Å². The van der Waals surface area contributed by atoms with Crippen molar-refractivity contribution in [3.05, 3.63) is 70.4 Å². The fourth-order valence-electron chi connectivity index (χ4n) is 3.96. The summed E-state index contributed by atoms with van der Waals surface area (Å²) in [6.07, 6.45) is 0.825. The van der Waals surface area contributed by atoms with Crippen molar-refractivity contribution in [1.82, 2.24) is 9.88 Å². The number of nitrogens with one attached hydrogen (secondary N) is 1. The minimum absolute atomic E-state index is 0.187. The van der Waals surface area contributed by atoms with E-state index in [4.69, 9.17) is 9.72 Å². The maximum absolute atomic E-state index is 13.5. The molecule has 0 spiro atoms. The molecule has 4 rings (SSSR count). The molecule has 3 aromatic rings. The molecule has 6 heteroatoms. The number of ether oxygens (including phenoxy) is 1. The SMILES string of the molecule is CCN1CCc2nc3ccccc3c(C(=O)Nc3cc(C(=O)OC)ccc3C)c2C1. The van der Waals surface area contributed by atoms with Crippen LogP contribution in [0.25, 0.3) is 10.9 Å². The van der Waals surface area contributed by atoms with Gasteiger partial charge in [0.05, 0.1) is 23.8 Å². The van der Waals surface area contributed by atoms with Gasteiger partial charge in [0.1, 0.15) is 0 Å². The van der Waals surface area contributed by atoms with E-state index in [1.807, 2.05) is 31.2 Å². The highest BCUT2D eigenvalue weighted by Gasteiger charge is 2.25. The first-order valence-corrected chi connectivity index (χ1v) is 10.1. The molecule has 0 unspecified atom stereocenters. The summed E-state index contributed by atoms with van der Waals surface area (Å²) in [4.78, 5) is 32.6. The maximum atomic E-state index is 13.5. The average molecular weight is 403 g/mol. The van der Waals surface area contributed by atoms with Crippen molar-refractivity contribution in [2.24, 2.45) is 0 Å². The number of rotatable bonds is 4. The molecule has 1 aromatic heterocycles. The van der Waals surface area contributed by atoms with E-state index in [9.17, 15) is 9.59 Å². The lowest BCUT2D eigenvalue weighted by molar-refractivity contribution is 0.0600. The highest BCUT2D eigenvalue weighted by atomic mass is 16.5. The number of nitrogens with zero attached hydrogens (tertiary/aromatic N) is 2. The number of carbonyl (C=O) groups is 2. The number of likely N-dealkylation sites (N-methyl/N-ethyl adjacent to an activating group) is 1. The van der Waals surface area contributed by atoms with Gasteiger partial charge in [0.2, 0.25) is 0 Å². The number of hydrogen-bond acceptors (Lipinski definition) is 5. The second-order valence-electron chi connectivity index (χ2n) is 7.52. The number of anilines is 1. The van der Waals surface area contributed by atoms with Crippen molar-refractivity contribution in [3.8, 4) is 0 Å². The van der Waals surface area contributed by atoms with E-state index in [2.05, 4.69) is 17.1 Å². The molecule has 1 aliphatic rings. The minimum Gasteiger partial charge on any atom is -0.465 e. The topological polar surface area (TPSA) is 71.5 Å². The van der Waals surface area contributed by atoms with Gasteiger partial charge in [-0.2, -0.15) is 0 Å². The van der Waals surface area contributed by atoms with Gasteiger partial charge in [-0.1, -0.05) is 31.2 Å². The second kappa shape index (κ2) is 8.24. The number of aromatic nitrogens is 1. The molecule has 2 heterocycles. The summed E-state index contributed by atoms with van der Waals surface area (Å²) in [5.74, 6) is -0.622. The molecule has 0 fully saturated rings. The third kappa shape index (κ3) is 3.66. The molecule has 6 nitrogen and oxygen atoms in total. The highest BCUT2D eigenvalue weighted by Crippen LogP contribution is 2.29. The second-order valence-corrected chi connectivity index (χ2v) is 7.52. The van der Waals surface area contributed by atoms with Crippen molar-refractivity contribution in [2.75, 3.05) is 25.5 Å². The standard InChI is InChI=1S/C24H25N3O3/c1-4-27-12-11-20-18(14-27)22(17-7-5-6-8-19(17)25-20)23(28)26-21-13-16(24(29)30-3)10-9-15(21)2/h5-10,13H,4,11-12,14H2,1-3H3,(H,26,28). The normalized spacial score (nSPS) is 13.7. The molecule has 0 saturated carbocycles. The van der Waals surface area contributed by atoms with Crippen molar-refractivity contribution in [2.45, 2.75) is 26.8 Å². The van der Waals surface area contributed by atoms with Gasteiger partial charge in [0.15, 0.2) is 0 Å². The number of benzene rings is 2. The first-order chi connectivity index (χ1) is 14.5. The van der Waals surface area contributed by atoms with Crippen LogP contribution in [0.3, 0.4) is 0 Å². The molecule has 1 N–H and O–H groups in total. The van der Waals surface area contributed by atoms with Crippen LogP contribution in [0.15, 0.2) is 42.5 Å². The zero-order valence-electron chi connectivity index (χ0n) is 17.5. The lowest BCUT2D eigenvalue weighted by atomic mass is 9.95. The van der Waals surface area contributed by atoms with Gasteiger partial charge in [-0.3, -0.25) is 14.7 Å². The van der Waals surface area contributed by atoms with Crippen LogP contribution in [-0.4, -0.2) is 42.0 Å². The van der Waals surface area contributed by atoms with Gasteiger partial charge in [-0.15, -0.1) is 0 Å². The van der Waals surface area contributed by atoms with Gasteiger partial charge in [0, 0.05) is 41.8 Å². The smallest absolute Gasteiger partial charge is 0.337 e. The average Bonchev–Trinajstić information content (AvgIpc) is 2.77. The van der Waals surface area contributed by atoms with Crippen molar-refractivity contribution in [1.29, 1.82) is 0 Å². The number of pyridine rings is 1. The number of amides is 1. The lowest BCUT2D eigenvalue weighted by Crippen LogP contribution is -2.33. The summed E-state index contributed by atoms with van der Waals surface area (Å²) in [6.45, 7) is 6.59. The van der Waals surface area contributed by atoms with Gasteiger partial charge in [0.25, 0.3) is 5.91 Å². The predicted octanol–water partition coefficient (Wildman–Crippen LogP) is 3.96. The molecule has 2 aromatic carbocycles. The Labute approximate surface area is 175 Å². The summed E-state index contributed by atoms with van der Waals surface area (Å²) >= 11 is 0. The Kier molecular flexibility index (Phi) is 5.50. The largest absolute Gasteiger partial charge is 0.465 e. The van der Waals surface area contributed by atoms with E-state index in [0.29, 0.717) is 23.4 Å². The van der Waals surface area contributed by atoms with Crippen LogP contribution >= 0.6 is 0 Å². The number of para-hydroxylation sites is 1. The Bertz CT molecular complexity index is 1140. The van der Waals surface area contributed by atoms with Crippen molar-refractivity contribution >= 4 is 28.5 Å². The summed E-state index contributed by atoms with van der Waals surface area (Å²) in [5.41, 5.74) is 5.34. The lowest BCUT2D eigenvalue weighted by Gasteiger charge is -2.29. The van der Waals surface area contributed by atoms with Crippen LogP contribution in [0.1, 0.15) is 44.5 Å². The number of esters is 1. The summed E-state index contributed by atoms with van der Waals surface area (Å²) in [7, 11) is 1.34. The van der Waals surface area contributed by atoms with Crippen LogP contribution in [0.5, 0.6) is 0 Å². The summed E-state index contributed by atoms with van der Waals surface area (Å²) in [6, 6.07) is 12.9. The minimum atomic E-state index is -0.434. The molecule has 0 bridgehead atoms. The van der Waals surface area contributed by atoms with E-state index in [-0.39, 0.29) is 5.91 Å². The van der Waals surface area contributed by atoms with Gasteiger partial charge in [-0.05, 0) is 37.2 Å². The first kappa shape index (κ1) is 20.0. The molecule has 30 heavy (non-hydrogen) atoms.